The average Bonchev–Trinajstić information content (AvgIpc) is 3.16. The fraction of sp³-hybridized carbons (Fsp3) is 0.300. The molecule has 0 spiro atoms. The van der Waals surface area contributed by atoms with Gasteiger partial charge >= 0.3 is 5.97 Å². The molecule has 0 saturated carbocycles. The van der Waals surface area contributed by atoms with E-state index in [1.165, 1.54) is 11.6 Å². The molecule has 2 heterocycles. The van der Waals surface area contributed by atoms with E-state index in [9.17, 15) is 4.79 Å². The lowest BCUT2D eigenvalue weighted by atomic mass is 10.1. The molecule has 29 heavy (non-hydrogen) atoms. The van der Waals surface area contributed by atoms with E-state index < -0.39 is 5.97 Å². The van der Waals surface area contributed by atoms with Gasteiger partial charge in [-0.25, -0.2) is 4.79 Å². The molecule has 0 aromatic heterocycles. The van der Waals surface area contributed by atoms with Crippen LogP contribution in [0.1, 0.15) is 15.9 Å². The standard InChI is InChI=1S/C20H20ClN3O4S/c21-16-10-14(2-3-15(16)19(25)26)22-20(29)24-7-5-23(6-8-24)11-13-1-4-17-18(9-13)28-12-27-17/h1-4,9-10H,5-8,11-12H2,(H,22,29)(H,25,26). The van der Waals surface area contributed by atoms with Crippen molar-refractivity contribution in [2.24, 2.45) is 0 Å². The van der Waals surface area contributed by atoms with Gasteiger partial charge in [0.25, 0.3) is 0 Å². The Kier molecular flexibility index (Phi) is 5.75. The number of hydrogen-bond donors (Lipinski definition) is 2. The summed E-state index contributed by atoms with van der Waals surface area (Å²) in [5.41, 5.74) is 1.93. The van der Waals surface area contributed by atoms with Crippen LogP contribution in [0.2, 0.25) is 5.02 Å². The highest BCUT2D eigenvalue weighted by Gasteiger charge is 2.21. The quantitative estimate of drug-likeness (QED) is 0.711. The van der Waals surface area contributed by atoms with Crippen molar-refractivity contribution in [2.45, 2.75) is 6.54 Å². The first kappa shape index (κ1) is 19.8. The van der Waals surface area contributed by atoms with Crippen LogP contribution in [0.25, 0.3) is 0 Å². The number of carbonyl (C=O) groups is 1. The van der Waals surface area contributed by atoms with Gasteiger partial charge in [0.05, 0.1) is 10.6 Å². The number of ether oxygens (including phenoxy) is 2. The molecule has 2 aliphatic heterocycles. The van der Waals surface area contributed by atoms with Crippen LogP contribution >= 0.6 is 23.8 Å². The number of nitrogens with one attached hydrogen (secondary N) is 1. The number of thiocarbonyl (C=S) groups is 1. The first-order chi connectivity index (χ1) is 14.0. The zero-order chi connectivity index (χ0) is 20.4. The number of benzene rings is 2. The molecule has 2 aliphatic rings. The van der Waals surface area contributed by atoms with Crippen molar-refractivity contribution >= 4 is 40.6 Å². The van der Waals surface area contributed by atoms with E-state index in [4.69, 9.17) is 38.4 Å². The maximum absolute atomic E-state index is 11.1. The van der Waals surface area contributed by atoms with Gasteiger partial charge in [-0.2, -0.15) is 0 Å². The number of carboxylic acid groups (broad SMARTS) is 1. The molecule has 9 heteroatoms. The summed E-state index contributed by atoms with van der Waals surface area (Å²) in [4.78, 5) is 15.5. The third-order valence-electron chi connectivity index (χ3n) is 4.95. The zero-order valence-electron chi connectivity index (χ0n) is 15.6. The maximum atomic E-state index is 11.1. The van der Waals surface area contributed by atoms with Crippen LogP contribution < -0.4 is 14.8 Å². The third-order valence-corrected chi connectivity index (χ3v) is 5.63. The van der Waals surface area contributed by atoms with Gasteiger partial charge in [-0.3, -0.25) is 4.90 Å². The molecule has 0 atom stereocenters. The SMILES string of the molecule is O=C(O)c1ccc(NC(=S)N2CCN(Cc3ccc4c(c3)OCO4)CC2)cc1Cl. The third kappa shape index (κ3) is 4.55. The fourth-order valence-corrected chi connectivity index (χ4v) is 3.94. The van der Waals surface area contributed by atoms with Crippen molar-refractivity contribution in [3.63, 3.8) is 0 Å². The molecule has 0 amide bonds. The van der Waals surface area contributed by atoms with Gasteiger partial charge in [-0.05, 0) is 48.1 Å². The summed E-state index contributed by atoms with van der Waals surface area (Å²) in [6.07, 6.45) is 0. The van der Waals surface area contributed by atoms with Crippen molar-refractivity contribution in [3.05, 3.63) is 52.5 Å². The van der Waals surface area contributed by atoms with E-state index in [0.717, 1.165) is 44.2 Å². The molecule has 1 fully saturated rings. The number of piperazine rings is 1. The number of carboxylic acids is 1. The summed E-state index contributed by atoms with van der Waals surface area (Å²) in [5.74, 6) is 0.549. The van der Waals surface area contributed by atoms with Crippen LogP contribution in [0.5, 0.6) is 11.5 Å². The largest absolute Gasteiger partial charge is 0.478 e. The molecular weight excluding hydrogens is 414 g/mol. The summed E-state index contributed by atoms with van der Waals surface area (Å²) in [6.45, 7) is 4.50. The zero-order valence-corrected chi connectivity index (χ0v) is 17.1. The first-order valence-corrected chi connectivity index (χ1v) is 9.98. The van der Waals surface area contributed by atoms with Crippen molar-refractivity contribution < 1.29 is 19.4 Å². The normalized spacial score (nSPS) is 16.0. The second kappa shape index (κ2) is 8.44. The van der Waals surface area contributed by atoms with Crippen LogP contribution in [0.15, 0.2) is 36.4 Å². The Morgan fingerprint density at radius 2 is 1.86 bits per heavy atom. The Morgan fingerprint density at radius 1 is 1.10 bits per heavy atom. The van der Waals surface area contributed by atoms with Gasteiger partial charge in [0.15, 0.2) is 16.6 Å². The van der Waals surface area contributed by atoms with Crippen molar-refractivity contribution in [1.82, 2.24) is 9.80 Å². The second-order valence-electron chi connectivity index (χ2n) is 6.88. The molecule has 0 unspecified atom stereocenters. The number of rotatable bonds is 4. The smallest absolute Gasteiger partial charge is 0.337 e. The predicted octanol–water partition coefficient (Wildman–Crippen LogP) is 3.28. The summed E-state index contributed by atoms with van der Waals surface area (Å²) in [6, 6.07) is 10.8. The molecule has 1 saturated heterocycles. The summed E-state index contributed by atoms with van der Waals surface area (Å²) in [5, 5.41) is 13.0. The molecule has 0 aliphatic carbocycles. The van der Waals surface area contributed by atoms with Gasteiger partial charge in [0, 0.05) is 38.4 Å². The minimum absolute atomic E-state index is 0.0697. The van der Waals surface area contributed by atoms with Crippen LogP contribution in [0.3, 0.4) is 0 Å². The minimum Gasteiger partial charge on any atom is -0.478 e. The monoisotopic (exact) mass is 433 g/mol. The molecule has 4 rings (SSSR count). The Hall–Kier alpha value is -2.55. The molecule has 7 nitrogen and oxygen atoms in total. The summed E-state index contributed by atoms with van der Waals surface area (Å²) < 4.78 is 10.8. The summed E-state index contributed by atoms with van der Waals surface area (Å²) >= 11 is 11.5. The Labute approximate surface area is 178 Å². The van der Waals surface area contributed by atoms with Crippen LogP contribution in [-0.4, -0.2) is 59.0 Å². The lowest BCUT2D eigenvalue weighted by Crippen LogP contribution is -2.49. The Balaban J connectivity index is 1.29. The fourth-order valence-electron chi connectivity index (χ4n) is 3.38. The number of anilines is 1. The van der Waals surface area contributed by atoms with E-state index in [1.54, 1.807) is 12.1 Å². The highest BCUT2D eigenvalue weighted by Crippen LogP contribution is 2.32. The summed E-state index contributed by atoms with van der Waals surface area (Å²) in [7, 11) is 0. The van der Waals surface area contributed by atoms with Crippen molar-refractivity contribution in [1.29, 1.82) is 0 Å². The molecule has 0 bridgehead atoms. The second-order valence-corrected chi connectivity index (χ2v) is 7.67. The first-order valence-electron chi connectivity index (χ1n) is 9.19. The number of nitrogens with zero attached hydrogens (tertiary/aromatic N) is 2. The van der Waals surface area contributed by atoms with Gasteiger partial charge in [-0.1, -0.05) is 17.7 Å². The molecule has 2 aromatic rings. The van der Waals surface area contributed by atoms with Crippen molar-refractivity contribution in [3.8, 4) is 11.5 Å². The topological polar surface area (TPSA) is 74.3 Å². The van der Waals surface area contributed by atoms with E-state index in [1.807, 2.05) is 12.1 Å². The number of halogens is 1. The highest BCUT2D eigenvalue weighted by atomic mass is 35.5. The van der Waals surface area contributed by atoms with Crippen LogP contribution in [0.4, 0.5) is 5.69 Å². The van der Waals surface area contributed by atoms with Crippen LogP contribution in [-0.2, 0) is 6.54 Å². The van der Waals surface area contributed by atoms with Crippen LogP contribution in [0, 0.1) is 0 Å². The molecule has 0 radical (unpaired) electrons. The number of hydrogen-bond acceptors (Lipinski definition) is 5. The Bertz CT molecular complexity index is 947. The Morgan fingerprint density at radius 3 is 2.59 bits per heavy atom. The van der Waals surface area contributed by atoms with Gasteiger partial charge in [0.2, 0.25) is 6.79 Å². The van der Waals surface area contributed by atoms with Gasteiger partial charge in [0.1, 0.15) is 0 Å². The number of fused-ring (bicyclic) bond motifs is 1. The minimum atomic E-state index is -1.05. The molecule has 2 N–H and O–H groups in total. The van der Waals surface area contributed by atoms with Gasteiger partial charge in [-0.15, -0.1) is 0 Å². The van der Waals surface area contributed by atoms with E-state index >= 15 is 0 Å². The predicted molar refractivity (Wildman–Crippen MR) is 114 cm³/mol. The van der Waals surface area contributed by atoms with E-state index in [-0.39, 0.29) is 17.4 Å². The van der Waals surface area contributed by atoms with Gasteiger partial charge < -0.3 is 24.8 Å². The van der Waals surface area contributed by atoms with Crippen molar-refractivity contribution in [2.75, 3.05) is 38.3 Å². The maximum Gasteiger partial charge on any atom is 0.337 e. The van der Waals surface area contributed by atoms with E-state index in [0.29, 0.717) is 10.8 Å². The lowest BCUT2D eigenvalue weighted by molar-refractivity contribution is 0.0697. The van der Waals surface area contributed by atoms with E-state index in [2.05, 4.69) is 21.2 Å². The average molecular weight is 434 g/mol. The molecule has 2 aromatic carbocycles. The molecular formula is C20H20ClN3O4S. The lowest BCUT2D eigenvalue weighted by Gasteiger charge is -2.36. The highest BCUT2D eigenvalue weighted by molar-refractivity contribution is 7.80. The molecule has 152 valence electrons. The number of aromatic carboxylic acids is 1.